The summed E-state index contributed by atoms with van der Waals surface area (Å²) in [7, 11) is 0. The molecule has 0 N–H and O–H groups in total. The molecule has 0 radical (unpaired) electrons. The summed E-state index contributed by atoms with van der Waals surface area (Å²) in [6.45, 7) is 0. The molecule has 6 heteroatoms. The highest BCUT2D eigenvalue weighted by Crippen LogP contribution is 2.40. The summed E-state index contributed by atoms with van der Waals surface area (Å²) in [5, 5.41) is 7.66. The van der Waals surface area contributed by atoms with E-state index in [1.165, 1.54) is 84.2 Å². The van der Waals surface area contributed by atoms with E-state index in [1.807, 2.05) is 59.1 Å². The molecule has 0 atom stereocenters. The molecule has 0 amide bonds. The normalized spacial score (nSPS) is 12.9. The largest absolute Gasteiger partial charge is 0.309 e. The lowest BCUT2D eigenvalue weighted by atomic mass is 9.95. The maximum atomic E-state index is 5.20. The first-order valence-corrected chi connectivity index (χ1v) is 21.0. The minimum atomic E-state index is 0.693. The molecule has 0 saturated carbocycles. The molecule has 0 saturated heterocycles. The predicted molar refractivity (Wildman–Crippen MR) is 241 cm³/mol. The van der Waals surface area contributed by atoms with Gasteiger partial charge in [-0.15, -0.1) is 22.7 Å². The van der Waals surface area contributed by atoms with Gasteiger partial charge < -0.3 is 4.57 Å². The second-order valence-corrected chi connectivity index (χ2v) is 16.8. The molecular formula is C51H32N4S2. The molecule has 1 aliphatic carbocycles. The van der Waals surface area contributed by atoms with Gasteiger partial charge in [0.2, 0.25) is 0 Å². The monoisotopic (exact) mass is 764 g/mol. The molecule has 268 valence electrons. The Bertz CT molecular complexity index is 3410. The number of rotatable bonds is 5. The van der Waals surface area contributed by atoms with E-state index in [9.17, 15) is 0 Å². The number of hydrogen-bond acceptors (Lipinski definition) is 5. The minimum absolute atomic E-state index is 0.693. The van der Waals surface area contributed by atoms with Crippen LogP contribution < -0.4 is 9.75 Å². The third-order valence-corrected chi connectivity index (χ3v) is 13.6. The number of fused-ring (bicyclic) bond motifs is 9. The minimum Gasteiger partial charge on any atom is -0.309 e. The summed E-state index contributed by atoms with van der Waals surface area (Å²) >= 11 is 3.74. The Morgan fingerprint density at radius 2 is 1.12 bits per heavy atom. The fraction of sp³-hybridized carbons (Fsp3) is 0.0392. The molecule has 4 nitrogen and oxygen atoms in total. The summed E-state index contributed by atoms with van der Waals surface area (Å²) in [5.41, 5.74) is 9.25. The second-order valence-electron chi connectivity index (χ2n) is 14.6. The van der Waals surface area contributed by atoms with E-state index in [0.717, 1.165) is 29.8 Å². The van der Waals surface area contributed by atoms with E-state index < -0.39 is 0 Å². The number of hydrogen-bond donors (Lipinski definition) is 0. The van der Waals surface area contributed by atoms with Gasteiger partial charge in [-0.2, -0.15) is 0 Å². The van der Waals surface area contributed by atoms with Gasteiger partial charge in [-0.3, -0.25) is 0 Å². The first kappa shape index (κ1) is 32.5. The van der Waals surface area contributed by atoms with Gasteiger partial charge in [-0.25, -0.2) is 15.0 Å². The third-order valence-electron chi connectivity index (χ3n) is 11.3. The van der Waals surface area contributed by atoms with Crippen LogP contribution in [-0.4, -0.2) is 19.5 Å². The van der Waals surface area contributed by atoms with Gasteiger partial charge >= 0.3 is 0 Å². The van der Waals surface area contributed by atoms with Gasteiger partial charge in [-0.1, -0.05) is 127 Å². The van der Waals surface area contributed by atoms with Gasteiger partial charge in [0.15, 0.2) is 17.5 Å². The van der Waals surface area contributed by atoms with Crippen molar-refractivity contribution < 1.29 is 0 Å². The smallest absolute Gasteiger partial charge is 0.164 e. The molecule has 7 aromatic carbocycles. The van der Waals surface area contributed by atoms with E-state index in [4.69, 9.17) is 15.0 Å². The van der Waals surface area contributed by atoms with Crippen molar-refractivity contribution in [3.63, 3.8) is 0 Å². The van der Waals surface area contributed by atoms with Crippen LogP contribution in [0.4, 0.5) is 0 Å². The van der Waals surface area contributed by atoms with Crippen molar-refractivity contribution in [3.8, 4) is 39.6 Å². The van der Waals surface area contributed by atoms with E-state index >= 15 is 0 Å². The standard InChI is InChI=1S/C51H32N4S2/c1-3-13-31(14-4-1)49-52-50(32-15-5-2-6-16-32)54-51(53-49)39-20-12-24-45-48(39)47-35(19-11-23-44(47)57-45)33-25-28-43-40(29-33)38-27-26-34(30-46(38)56-43)55-41-21-9-7-17-36(41)37-18-8-10-22-42(37)55/h1-11,13-19,21-30H,12,20H2. The fourth-order valence-electron chi connectivity index (χ4n) is 8.76. The molecule has 12 rings (SSSR count). The van der Waals surface area contributed by atoms with Crippen molar-refractivity contribution in [3.05, 3.63) is 179 Å². The Balaban J connectivity index is 1.04. The van der Waals surface area contributed by atoms with Crippen LogP contribution in [0.1, 0.15) is 18.7 Å². The fourth-order valence-corrected chi connectivity index (χ4v) is 11.1. The molecule has 0 bridgehead atoms. The first-order valence-electron chi connectivity index (χ1n) is 19.3. The van der Waals surface area contributed by atoms with E-state index in [-0.39, 0.29) is 0 Å². The second kappa shape index (κ2) is 12.9. The van der Waals surface area contributed by atoms with Crippen LogP contribution >= 0.6 is 22.7 Å². The summed E-state index contributed by atoms with van der Waals surface area (Å²) < 4.78 is 7.56. The number of para-hydroxylation sites is 2. The molecule has 0 aliphatic heterocycles. The van der Waals surface area contributed by atoms with Crippen LogP contribution in [-0.2, 0) is 0 Å². The Hall–Kier alpha value is -6.73. The Morgan fingerprint density at radius 1 is 0.456 bits per heavy atom. The molecule has 11 aromatic rings. The zero-order valence-electron chi connectivity index (χ0n) is 30.7. The quantitative estimate of drug-likeness (QED) is 0.175. The van der Waals surface area contributed by atoms with E-state index in [1.54, 1.807) is 0 Å². The molecule has 4 aromatic heterocycles. The summed E-state index contributed by atoms with van der Waals surface area (Å²) in [6.07, 6.45) is 4.21. The first-order chi connectivity index (χ1) is 28.2. The van der Waals surface area contributed by atoms with Crippen LogP contribution in [0.15, 0.2) is 164 Å². The van der Waals surface area contributed by atoms with E-state index in [0.29, 0.717) is 11.6 Å². The van der Waals surface area contributed by atoms with Crippen LogP contribution in [0.2, 0.25) is 0 Å². The van der Waals surface area contributed by atoms with Crippen LogP contribution in [0.25, 0.3) is 103 Å². The number of thiophene rings is 2. The molecular weight excluding hydrogens is 733 g/mol. The average molecular weight is 765 g/mol. The highest BCUT2D eigenvalue weighted by molar-refractivity contribution is 7.25. The maximum absolute atomic E-state index is 5.20. The molecule has 0 unspecified atom stereocenters. The van der Waals surface area contributed by atoms with Crippen molar-refractivity contribution in [1.82, 2.24) is 19.5 Å². The maximum Gasteiger partial charge on any atom is 0.164 e. The van der Waals surface area contributed by atoms with Crippen molar-refractivity contribution >= 4 is 86.4 Å². The lowest BCUT2D eigenvalue weighted by Crippen LogP contribution is -2.26. The topological polar surface area (TPSA) is 43.6 Å². The Kier molecular flexibility index (Phi) is 7.37. The molecule has 0 spiro atoms. The Labute approximate surface area is 336 Å². The SMILES string of the molecule is C1=c2sc3cccc(-c4ccc5sc6cc(-n7c8ccccc8c8ccccc87)ccc6c5c4)c3c2=C(c2nc(-c3ccccc3)nc(-c3ccccc3)n2)CC1. The number of benzene rings is 7. The van der Waals surface area contributed by atoms with Gasteiger partial charge in [0.1, 0.15) is 0 Å². The average Bonchev–Trinajstić information content (AvgIpc) is 3.96. The van der Waals surface area contributed by atoms with Gasteiger partial charge in [0, 0.05) is 73.2 Å². The van der Waals surface area contributed by atoms with Gasteiger partial charge in [0.25, 0.3) is 0 Å². The van der Waals surface area contributed by atoms with Gasteiger partial charge in [-0.05, 0) is 66.4 Å². The highest BCUT2D eigenvalue weighted by atomic mass is 32.1. The summed E-state index contributed by atoms with van der Waals surface area (Å²) in [5.74, 6) is 2.14. The lowest BCUT2D eigenvalue weighted by Gasteiger charge is -2.13. The van der Waals surface area contributed by atoms with Crippen LogP contribution in [0, 0.1) is 0 Å². The summed E-state index contributed by atoms with van der Waals surface area (Å²) in [6, 6.07) is 58.7. The van der Waals surface area contributed by atoms with Crippen molar-refractivity contribution in [1.29, 1.82) is 0 Å². The molecule has 0 fully saturated rings. The number of aromatic nitrogens is 4. The van der Waals surface area contributed by atoms with Crippen molar-refractivity contribution in [2.75, 3.05) is 0 Å². The van der Waals surface area contributed by atoms with Crippen LogP contribution in [0.5, 0.6) is 0 Å². The molecule has 4 heterocycles. The van der Waals surface area contributed by atoms with Crippen molar-refractivity contribution in [2.24, 2.45) is 0 Å². The highest BCUT2D eigenvalue weighted by Gasteiger charge is 2.21. The van der Waals surface area contributed by atoms with E-state index in [2.05, 4.69) is 138 Å². The molecule has 57 heavy (non-hydrogen) atoms. The van der Waals surface area contributed by atoms with Crippen LogP contribution in [0.3, 0.4) is 0 Å². The Morgan fingerprint density at radius 3 is 1.84 bits per heavy atom. The molecule has 1 aliphatic rings. The van der Waals surface area contributed by atoms with Gasteiger partial charge in [0.05, 0.1) is 11.0 Å². The zero-order valence-corrected chi connectivity index (χ0v) is 32.3. The summed E-state index contributed by atoms with van der Waals surface area (Å²) in [4.78, 5) is 15.4. The lowest BCUT2D eigenvalue weighted by molar-refractivity contribution is 0.986. The zero-order chi connectivity index (χ0) is 37.5. The predicted octanol–water partition coefficient (Wildman–Crippen LogP) is 12.3. The third kappa shape index (κ3) is 5.22. The van der Waals surface area contributed by atoms with Crippen molar-refractivity contribution in [2.45, 2.75) is 12.8 Å². The number of nitrogens with zero attached hydrogens (tertiary/aromatic N) is 4.